The molecule has 0 aliphatic rings. The number of halogens is 1. The molecule has 0 spiro atoms. The number of aliphatic imine (C=N–C) groups is 1. The van der Waals surface area contributed by atoms with E-state index in [4.69, 9.17) is 4.74 Å². The van der Waals surface area contributed by atoms with Crippen molar-refractivity contribution in [2.24, 2.45) is 4.99 Å². The molecule has 0 bridgehead atoms. The molecule has 9 heteroatoms. The van der Waals surface area contributed by atoms with Crippen LogP contribution < -0.4 is 10.6 Å². The van der Waals surface area contributed by atoms with Gasteiger partial charge in [-0.25, -0.2) is 4.99 Å². The maximum absolute atomic E-state index is 11.3. The van der Waals surface area contributed by atoms with Crippen molar-refractivity contribution < 1.29 is 9.53 Å². The largest absolute Gasteiger partial charge is 0.466 e. The van der Waals surface area contributed by atoms with Gasteiger partial charge < -0.3 is 15.4 Å². The van der Waals surface area contributed by atoms with E-state index in [1.807, 2.05) is 35.7 Å². The molecule has 0 unspecified atom stereocenters. The summed E-state index contributed by atoms with van der Waals surface area (Å²) in [6.07, 6.45) is 3.01. The van der Waals surface area contributed by atoms with Gasteiger partial charge in [0.15, 0.2) is 17.4 Å². The second kappa shape index (κ2) is 11.6. The Morgan fingerprint density at radius 2 is 2.12 bits per heavy atom. The Morgan fingerprint density at radius 1 is 1.28 bits per heavy atom. The first-order chi connectivity index (χ1) is 11.7. The number of ether oxygens (including phenoxy) is 1. The molecule has 0 aliphatic heterocycles. The molecule has 138 valence electrons. The molecule has 2 N–H and O–H groups in total. The van der Waals surface area contributed by atoms with Gasteiger partial charge in [-0.3, -0.25) is 9.20 Å². The normalized spacial score (nSPS) is 11.0. The van der Waals surface area contributed by atoms with Crippen molar-refractivity contribution in [3.05, 3.63) is 30.2 Å². The number of hydrogen-bond donors (Lipinski definition) is 2. The van der Waals surface area contributed by atoms with Crippen molar-refractivity contribution in [1.29, 1.82) is 0 Å². The summed E-state index contributed by atoms with van der Waals surface area (Å²) < 4.78 is 6.81. The highest BCUT2D eigenvalue weighted by Crippen LogP contribution is 2.03. The molecule has 8 nitrogen and oxygen atoms in total. The zero-order valence-electron chi connectivity index (χ0n) is 14.6. The minimum absolute atomic E-state index is 0. The summed E-state index contributed by atoms with van der Waals surface area (Å²) in [4.78, 5) is 15.8. The number of hydrogen-bond acceptors (Lipinski definition) is 5. The third kappa shape index (κ3) is 6.85. The predicted molar refractivity (Wildman–Crippen MR) is 107 cm³/mol. The molecule has 25 heavy (non-hydrogen) atoms. The summed E-state index contributed by atoms with van der Waals surface area (Å²) in [7, 11) is 0. The number of pyridine rings is 1. The monoisotopic (exact) mass is 460 g/mol. The fourth-order valence-corrected chi connectivity index (χ4v) is 2.16. The molecular weight excluding hydrogens is 435 g/mol. The lowest BCUT2D eigenvalue weighted by Crippen LogP contribution is -2.38. The van der Waals surface area contributed by atoms with E-state index in [2.05, 4.69) is 25.8 Å². The van der Waals surface area contributed by atoms with Gasteiger partial charge in [0.05, 0.1) is 6.61 Å². The minimum atomic E-state index is -0.170. The van der Waals surface area contributed by atoms with Crippen molar-refractivity contribution in [3.8, 4) is 0 Å². The number of nitrogens with one attached hydrogen (secondary N) is 2. The van der Waals surface area contributed by atoms with Gasteiger partial charge in [-0.1, -0.05) is 6.07 Å². The average Bonchev–Trinajstić information content (AvgIpc) is 3.00. The lowest BCUT2D eigenvalue weighted by molar-refractivity contribution is -0.143. The zero-order valence-corrected chi connectivity index (χ0v) is 16.9. The topological polar surface area (TPSA) is 92.9 Å². The Morgan fingerprint density at radius 3 is 2.88 bits per heavy atom. The van der Waals surface area contributed by atoms with Crippen molar-refractivity contribution >= 4 is 41.6 Å². The number of carbonyl (C=O) groups is 1. The van der Waals surface area contributed by atoms with Gasteiger partial charge in [-0.05, 0) is 32.4 Å². The summed E-state index contributed by atoms with van der Waals surface area (Å²) in [5, 5.41) is 14.6. The van der Waals surface area contributed by atoms with E-state index in [1.54, 1.807) is 6.92 Å². The first kappa shape index (κ1) is 21.1. The van der Waals surface area contributed by atoms with Gasteiger partial charge in [0.2, 0.25) is 0 Å². The van der Waals surface area contributed by atoms with Crippen molar-refractivity contribution in [2.75, 3.05) is 19.7 Å². The highest BCUT2D eigenvalue weighted by molar-refractivity contribution is 14.0. The van der Waals surface area contributed by atoms with E-state index in [1.165, 1.54) is 0 Å². The van der Waals surface area contributed by atoms with E-state index in [0.717, 1.165) is 18.0 Å². The van der Waals surface area contributed by atoms with Gasteiger partial charge in [-0.15, -0.1) is 34.2 Å². The first-order valence-electron chi connectivity index (χ1n) is 8.21. The summed E-state index contributed by atoms with van der Waals surface area (Å²) in [6.45, 7) is 6.04. The molecule has 0 fully saturated rings. The molecule has 0 aliphatic carbocycles. The Bertz CT molecular complexity index is 688. The number of fused-ring (bicyclic) bond motifs is 1. The van der Waals surface area contributed by atoms with Crippen LogP contribution in [0.25, 0.3) is 5.65 Å². The summed E-state index contributed by atoms with van der Waals surface area (Å²) in [5.74, 6) is 1.29. The van der Waals surface area contributed by atoms with Crippen molar-refractivity contribution in [1.82, 2.24) is 25.2 Å². The van der Waals surface area contributed by atoms with Gasteiger partial charge in [0, 0.05) is 25.7 Å². The van der Waals surface area contributed by atoms with Crippen LogP contribution in [0.3, 0.4) is 0 Å². The second-order valence-electron chi connectivity index (χ2n) is 5.08. The van der Waals surface area contributed by atoms with E-state index in [0.29, 0.717) is 38.5 Å². The molecule has 2 rings (SSSR count). The van der Waals surface area contributed by atoms with Crippen LogP contribution >= 0.6 is 24.0 Å². The standard InChI is InChI=1S/C16H24N6O2.HI/c1-3-17-16(18-10-7-9-15(23)24-4-2)19-12-14-21-20-13-8-5-6-11-22(13)14;/h5-6,8,11H,3-4,7,9-10,12H2,1-2H3,(H2,17,18,19);1H. The van der Waals surface area contributed by atoms with Crippen LogP contribution in [0, 0.1) is 0 Å². The summed E-state index contributed by atoms with van der Waals surface area (Å²) in [6, 6.07) is 5.76. The van der Waals surface area contributed by atoms with E-state index in [9.17, 15) is 4.79 Å². The quantitative estimate of drug-likeness (QED) is 0.205. The third-order valence-corrected chi connectivity index (χ3v) is 3.26. The number of esters is 1. The van der Waals surface area contributed by atoms with Crippen LogP contribution in [0.15, 0.2) is 29.4 Å². The molecule has 0 radical (unpaired) electrons. The smallest absolute Gasteiger partial charge is 0.305 e. The SMILES string of the molecule is CCNC(=NCc1nnc2ccccn12)NCCCC(=O)OCC.I. The van der Waals surface area contributed by atoms with Crippen LogP contribution in [0.1, 0.15) is 32.5 Å². The second-order valence-corrected chi connectivity index (χ2v) is 5.08. The fourth-order valence-electron chi connectivity index (χ4n) is 2.16. The summed E-state index contributed by atoms with van der Waals surface area (Å²) in [5.41, 5.74) is 0.801. The third-order valence-electron chi connectivity index (χ3n) is 3.26. The Labute approximate surface area is 164 Å². The summed E-state index contributed by atoms with van der Waals surface area (Å²) >= 11 is 0. The van der Waals surface area contributed by atoms with Crippen molar-refractivity contribution in [3.63, 3.8) is 0 Å². The zero-order chi connectivity index (χ0) is 17.2. The lowest BCUT2D eigenvalue weighted by atomic mass is 10.3. The number of rotatable bonds is 8. The van der Waals surface area contributed by atoms with Gasteiger partial charge in [0.25, 0.3) is 0 Å². The van der Waals surface area contributed by atoms with Crippen LogP contribution in [-0.2, 0) is 16.1 Å². The van der Waals surface area contributed by atoms with Crippen LogP contribution in [-0.4, -0.2) is 46.2 Å². The van der Waals surface area contributed by atoms with Crippen molar-refractivity contribution in [2.45, 2.75) is 33.2 Å². The Balaban J connectivity index is 0.00000312. The molecule has 0 saturated heterocycles. The molecule has 2 aromatic heterocycles. The van der Waals surface area contributed by atoms with E-state index < -0.39 is 0 Å². The van der Waals surface area contributed by atoms with Crippen LogP contribution in [0.4, 0.5) is 0 Å². The van der Waals surface area contributed by atoms with Gasteiger partial charge in [0.1, 0.15) is 6.54 Å². The van der Waals surface area contributed by atoms with E-state index in [-0.39, 0.29) is 29.9 Å². The molecule has 2 aromatic rings. The highest BCUT2D eigenvalue weighted by atomic mass is 127. The minimum Gasteiger partial charge on any atom is -0.466 e. The lowest BCUT2D eigenvalue weighted by Gasteiger charge is -2.10. The Kier molecular flexibility index (Phi) is 9.81. The van der Waals surface area contributed by atoms with Gasteiger partial charge in [-0.2, -0.15) is 0 Å². The van der Waals surface area contributed by atoms with Crippen LogP contribution in [0.2, 0.25) is 0 Å². The van der Waals surface area contributed by atoms with Gasteiger partial charge >= 0.3 is 5.97 Å². The van der Waals surface area contributed by atoms with E-state index >= 15 is 0 Å². The average molecular weight is 460 g/mol. The maximum Gasteiger partial charge on any atom is 0.305 e. The number of nitrogens with zero attached hydrogens (tertiary/aromatic N) is 4. The molecule has 0 saturated carbocycles. The highest BCUT2D eigenvalue weighted by Gasteiger charge is 2.05. The molecule has 0 amide bonds. The van der Waals surface area contributed by atoms with Crippen LogP contribution in [0.5, 0.6) is 0 Å². The number of guanidine groups is 1. The fraction of sp³-hybridized carbons (Fsp3) is 0.500. The molecule has 0 aromatic carbocycles. The number of carbonyl (C=O) groups excluding carboxylic acids is 1. The molecular formula is C16H25IN6O2. The predicted octanol–water partition coefficient (Wildman–Crippen LogP) is 1.75. The molecule has 2 heterocycles. The Hall–Kier alpha value is -1.91. The first-order valence-corrected chi connectivity index (χ1v) is 8.21. The number of aromatic nitrogens is 3. The molecule has 0 atom stereocenters. The maximum atomic E-state index is 11.3.